The summed E-state index contributed by atoms with van der Waals surface area (Å²) in [7, 11) is 0. The molecule has 0 aliphatic carbocycles. The van der Waals surface area contributed by atoms with Crippen molar-refractivity contribution in [2.45, 2.75) is 13.3 Å². The largest absolute Gasteiger partial charge is 0.492 e. The zero-order chi connectivity index (χ0) is 13.8. The Labute approximate surface area is 120 Å². The molecule has 3 heterocycles. The van der Waals surface area contributed by atoms with Crippen molar-refractivity contribution in [3.8, 4) is 17.1 Å². The number of thiazole rings is 1. The van der Waals surface area contributed by atoms with Gasteiger partial charge in [0.25, 0.3) is 0 Å². The molecular formula is C14H14N4OS. The minimum atomic E-state index is 0.633. The van der Waals surface area contributed by atoms with Gasteiger partial charge in [0.2, 0.25) is 0 Å². The van der Waals surface area contributed by atoms with E-state index in [9.17, 15) is 0 Å². The first-order chi connectivity index (χ1) is 9.83. The van der Waals surface area contributed by atoms with Gasteiger partial charge in [-0.3, -0.25) is 10.1 Å². The average molecular weight is 286 g/mol. The zero-order valence-corrected chi connectivity index (χ0v) is 11.9. The number of ether oxygens (including phenoxy) is 1. The number of aryl methyl sites for hydroxylation is 1. The lowest BCUT2D eigenvalue weighted by Crippen LogP contribution is -2.01. The molecule has 3 rings (SSSR count). The normalized spacial score (nSPS) is 10.7. The summed E-state index contributed by atoms with van der Waals surface area (Å²) < 4.78 is 5.70. The van der Waals surface area contributed by atoms with Crippen molar-refractivity contribution < 1.29 is 4.74 Å². The van der Waals surface area contributed by atoms with E-state index in [2.05, 4.69) is 20.2 Å². The second-order valence-corrected chi connectivity index (χ2v) is 5.25. The van der Waals surface area contributed by atoms with Crippen LogP contribution in [0.1, 0.15) is 10.6 Å². The summed E-state index contributed by atoms with van der Waals surface area (Å²) in [5.74, 6) is 0.774. The Morgan fingerprint density at radius 1 is 1.25 bits per heavy atom. The maximum Gasteiger partial charge on any atom is 0.137 e. The molecule has 1 N–H and O–H groups in total. The molecule has 0 atom stereocenters. The van der Waals surface area contributed by atoms with Gasteiger partial charge in [0.15, 0.2) is 0 Å². The first kappa shape index (κ1) is 12.8. The molecule has 0 fully saturated rings. The molecule has 20 heavy (non-hydrogen) atoms. The second-order valence-electron chi connectivity index (χ2n) is 4.31. The third-order valence-electron chi connectivity index (χ3n) is 2.96. The minimum absolute atomic E-state index is 0.633. The van der Waals surface area contributed by atoms with E-state index in [0.717, 1.165) is 29.3 Å². The van der Waals surface area contributed by atoms with Crippen LogP contribution in [0.5, 0.6) is 5.75 Å². The quantitative estimate of drug-likeness (QED) is 0.783. The molecule has 0 saturated carbocycles. The van der Waals surface area contributed by atoms with Crippen LogP contribution in [0.25, 0.3) is 11.4 Å². The van der Waals surface area contributed by atoms with Crippen molar-refractivity contribution in [3.05, 3.63) is 46.7 Å². The first-order valence-corrected chi connectivity index (χ1v) is 7.18. The van der Waals surface area contributed by atoms with Crippen molar-refractivity contribution in [2.75, 3.05) is 6.61 Å². The van der Waals surface area contributed by atoms with Crippen molar-refractivity contribution in [1.29, 1.82) is 0 Å². The van der Waals surface area contributed by atoms with Crippen molar-refractivity contribution >= 4 is 11.3 Å². The topological polar surface area (TPSA) is 63.7 Å². The molecule has 6 heteroatoms. The zero-order valence-electron chi connectivity index (χ0n) is 11.0. The lowest BCUT2D eigenvalue weighted by molar-refractivity contribution is 0.321. The minimum Gasteiger partial charge on any atom is -0.492 e. The Bertz CT molecular complexity index is 661. The molecule has 0 aromatic carbocycles. The van der Waals surface area contributed by atoms with Gasteiger partial charge in [-0.25, -0.2) is 4.98 Å². The highest BCUT2D eigenvalue weighted by molar-refractivity contribution is 7.09. The number of nitrogens with one attached hydrogen (secondary N) is 1. The van der Waals surface area contributed by atoms with E-state index in [0.29, 0.717) is 6.61 Å². The Balaban J connectivity index is 1.57. The third-order valence-corrected chi connectivity index (χ3v) is 3.95. The van der Waals surface area contributed by atoms with Crippen LogP contribution in [0.3, 0.4) is 0 Å². The number of aromatic amines is 1. The molecule has 102 valence electrons. The van der Waals surface area contributed by atoms with Gasteiger partial charge in [0.1, 0.15) is 5.75 Å². The van der Waals surface area contributed by atoms with Crippen LogP contribution in [0.2, 0.25) is 0 Å². The van der Waals surface area contributed by atoms with Crippen molar-refractivity contribution in [2.24, 2.45) is 0 Å². The highest BCUT2D eigenvalue weighted by Crippen LogP contribution is 2.18. The number of rotatable bonds is 5. The van der Waals surface area contributed by atoms with Gasteiger partial charge in [-0.1, -0.05) is 0 Å². The van der Waals surface area contributed by atoms with Gasteiger partial charge >= 0.3 is 0 Å². The summed E-state index contributed by atoms with van der Waals surface area (Å²) in [5, 5.41) is 6.79. The summed E-state index contributed by atoms with van der Waals surface area (Å²) in [5.41, 5.74) is 4.71. The fourth-order valence-corrected chi connectivity index (χ4v) is 2.61. The van der Waals surface area contributed by atoms with Crippen LogP contribution in [0, 0.1) is 6.92 Å². The molecule has 5 nitrogen and oxygen atoms in total. The lowest BCUT2D eigenvalue weighted by Gasteiger charge is -2.05. The lowest BCUT2D eigenvalue weighted by atomic mass is 10.3. The molecule has 0 unspecified atom stereocenters. The maximum absolute atomic E-state index is 5.70. The Hall–Kier alpha value is -2.21. The van der Waals surface area contributed by atoms with Crippen LogP contribution in [0.15, 0.2) is 36.1 Å². The summed E-state index contributed by atoms with van der Waals surface area (Å²) in [6, 6.07) is 5.72. The standard InChI is InChI=1S/C14H14N4OS/c1-10-14(20-9-16-10)5-7-19-11-2-3-12(15-8-11)13-4-6-17-18-13/h2-4,6,8-9H,5,7H2,1H3,(H,17,18). The Morgan fingerprint density at radius 2 is 2.20 bits per heavy atom. The molecule has 0 aliphatic rings. The summed E-state index contributed by atoms with van der Waals surface area (Å²) in [6.07, 6.45) is 4.31. The maximum atomic E-state index is 5.70. The predicted molar refractivity (Wildman–Crippen MR) is 77.9 cm³/mol. The second kappa shape index (κ2) is 5.83. The Morgan fingerprint density at radius 3 is 2.85 bits per heavy atom. The number of H-pyrrole nitrogens is 1. The first-order valence-electron chi connectivity index (χ1n) is 6.30. The molecule has 0 aliphatic heterocycles. The summed E-state index contributed by atoms with van der Waals surface area (Å²) in [4.78, 5) is 9.84. The Kier molecular flexibility index (Phi) is 3.73. The summed E-state index contributed by atoms with van der Waals surface area (Å²) in [6.45, 7) is 2.65. The predicted octanol–water partition coefficient (Wildman–Crippen LogP) is 2.86. The molecule has 0 spiro atoms. The number of hydrogen-bond acceptors (Lipinski definition) is 5. The molecule has 0 bridgehead atoms. The van der Waals surface area contributed by atoms with E-state index in [1.54, 1.807) is 23.7 Å². The number of nitrogens with zero attached hydrogens (tertiary/aromatic N) is 3. The molecule has 3 aromatic rings. The average Bonchev–Trinajstić information content (AvgIpc) is 3.12. The molecule has 3 aromatic heterocycles. The van der Waals surface area contributed by atoms with Gasteiger partial charge in [-0.2, -0.15) is 5.10 Å². The van der Waals surface area contributed by atoms with Crippen LogP contribution in [-0.2, 0) is 6.42 Å². The van der Waals surface area contributed by atoms with E-state index in [1.807, 2.05) is 30.6 Å². The van der Waals surface area contributed by atoms with Crippen LogP contribution >= 0.6 is 11.3 Å². The van der Waals surface area contributed by atoms with Gasteiger partial charge in [0.05, 0.1) is 35.4 Å². The van der Waals surface area contributed by atoms with E-state index in [-0.39, 0.29) is 0 Å². The van der Waals surface area contributed by atoms with Crippen LogP contribution < -0.4 is 4.74 Å². The highest BCUT2D eigenvalue weighted by Gasteiger charge is 2.03. The monoisotopic (exact) mass is 286 g/mol. The SMILES string of the molecule is Cc1ncsc1CCOc1ccc(-c2ccn[nH]2)nc1. The summed E-state index contributed by atoms with van der Waals surface area (Å²) >= 11 is 1.67. The fraction of sp³-hybridized carbons (Fsp3) is 0.214. The molecule has 0 amide bonds. The number of aromatic nitrogens is 4. The van der Waals surface area contributed by atoms with E-state index in [4.69, 9.17) is 4.74 Å². The highest BCUT2D eigenvalue weighted by atomic mass is 32.1. The van der Waals surface area contributed by atoms with Gasteiger partial charge in [-0.05, 0) is 25.1 Å². The fourth-order valence-electron chi connectivity index (χ4n) is 1.85. The van der Waals surface area contributed by atoms with Crippen LogP contribution in [0.4, 0.5) is 0 Å². The third kappa shape index (κ3) is 2.85. The smallest absolute Gasteiger partial charge is 0.137 e. The van der Waals surface area contributed by atoms with Gasteiger partial charge in [0, 0.05) is 17.5 Å². The van der Waals surface area contributed by atoms with Gasteiger partial charge < -0.3 is 4.74 Å². The molecule has 0 saturated heterocycles. The van der Waals surface area contributed by atoms with E-state index >= 15 is 0 Å². The molecule has 0 radical (unpaired) electrons. The van der Waals surface area contributed by atoms with E-state index < -0.39 is 0 Å². The van der Waals surface area contributed by atoms with Crippen molar-refractivity contribution in [1.82, 2.24) is 20.2 Å². The van der Waals surface area contributed by atoms with E-state index in [1.165, 1.54) is 4.88 Å². The van der Waals surface area contributed by atoms with Crippen molar-refractivity contribution in [3.63, 3.8) is 0 Å². The molecular weight excluding hydrogens is 272 g/mol. The van der Waals surface area contributed by atoms with Crippen LogP contribution in [-0.4, -0.2) is 26.8 Å². The van der Waals surface area contributed by atoms with Gasteiger partial charge in [-0.15, -0.1) is 11.3 Å². The number of hydrogen-bond donors (Lipinski definition) is 1. The number of pyridine rings is 1.